The predicted octanol–water partition coefficient (Wildman–Crippen LogP) is 3.38. The molecular formula is C16H27N3. The first kappa shape index (κ1) is 13.2. The number of imidazole rings is 1. The minimum Gasteiger partial charge on any atom is -0.331 e. The van der Waals surface area contributed by atoms with E-state index in [0.29, 0.717) is 0 Å². The van der Waals surface area contributed by atoms with Crippen molar-refractivity contribution in [1.82, 2.24) is 14.9 Å². The van der Waals surface area contributed by atoms with Gasteiger partial charge in [-0.3, -0.25) is 0 Å². The van der Waals surface area contributed by atoms with Gasteiger partial charge in [0.1, 0.15) is 5.82 Å². The zero-order valence-corrected chi connectivity index (χ0v) is 12.2. The van der Waals surface area contributed by atoms with E-state index >= 15 is 0 Å². The SMILES string of the molecule is CCCCn1c(C2CCCCC2)nc2c1CCNC2. The van der Waals surface area contributed by atoms with Crippen molar-refractivity contribution < 1.29 is 0 Å². The standard InChI is InChI=1S/C16H27N3/c1-2-3-11-19-15-9-10-17-12-14(15)18-16(19)13-7-5-4-6-8-13/h13,17H,2-12H2,1H3. The van der Waals surface area contributed by atoms with Crippen molar-refractivity contribution >= 4 is 0 Å². The fraction of sp³-hybridized carbons (Fsp3) is 0.812. The molecule has 1 N–H and O–H groups in total. The summed E-state index contributed by atoms with van der Waals surface area (Å²) in [5.74, 6) is 2.15. The monoisotopic (exact) mass is 261 g/mol. The summed E-state index contributed by atoms with van der Waals surface area (Å²) >= 11 is 0. The van der Waals surface area contributed by atoms with Gasteiger partial charge >= 0.3 is 0 Å². The molecule has 0 unspecified atom stereocenters. The summed E-state index contributed by atoms with van der Waals surface area (Å²) in [6, 6.07) is 0. The van der Waals surface area contributed by atoms with Crippen LogP contribution in [0.1, 0.15) is 75.0 Å². The van der Waals surface area contributed by atoms with Crippen LogP contribution in [0.2, 0.25) is 0 Å². The second-order valence-corrected chi connectivity index (χ2v) is 6.13. The van der Waals surface area contributed by atoms with Crippen LogP contribution >= 0.6 is 0 Å². The topological polar surface area (TPSA) is 29.9 Å². The highest BCUT2D eigenvalue weighted by molar-refractivity contribution is 5.22. The Morgan fingerprint density at radius 1 is 1.26 bits per heavy atom. The molecule has 19 heavy (non-hydrogen) atoms. The van der Waals surface area contributed by atoms with Crippen molar-refractivity contribution in [1.29, 1.82) is 0 Å². The second kappa shape index (κ2) is 6.08. The highest BCUT2D eigenvalue weighted by Crippen LogP contribution is 2.34. The third kappa shape index (κ3) is 2.71. The molecule has 1 aromatic heterocycles. The van der Waals surface area contributed by atoms with Crippen molar-refractivity contribution in [2.45, 2.75) is 77.3 Å². The van der Waals surface area contributed by atoms with E-state index in [-0.39, 0.29) is 0 Å². The van der Waals surface area contributed by atoms with Gasteiger partial charge in [-0.2, -0.15) is 0 Å². The molecule has 0 amide bonds. The molecule has 2 aliphatic rings. The molecule has 0 radical (unpaired) electrons. The minimum atomic E-state index is 0.733. The Labute approximate surface area is 116 Å². The van der Waals surface area contributed by atoms with E-state index < -0.39 is 0 Å². The third-order valence-electron chi connectivity index (χ3n) is 4.72. The van der Waals surface area contributed by atoms with Gasteiger partial charge in [0.15, 0.2) is 0 Å². The lowest BCUT2D eigenvalue weighted by molar-refractivity contribution is 0.410. The quantitative estimate of drug-likeness (QED) is 0.900. The molecule has 0 atom stereocenters. The van der Waals surface area contributed by atoms with E-state index in [0.717, 1.165) is 19.0 Å². The molecule has 3 heteroatoms. The number of hydrogen-bond donors (Lipinski definition) is 1. The van der Waals surface area contributed by atoms with Crippen LogP contribution in [-0.2, 0) is 19.5 Å². The van der Waals surface area contributed by atoms with E-state index in [1.807, 2.05) is 0 Å². The summed E-state index contributed by atoms with van der Waals surface area (Å²) < 4.78 is 2.59. The summed E-state index contributed by atoms with van der Waals surface area (Å²) in [5, 5.41) is 3.46. The molecule has 2 heterocycles. The van der Waals surface area contributed by atoms with Gasteiger partial charge < -0.3 is 9.88 Å². The van der Waals surface area contributed by atoms with Gasteiger partial charge in [0.2, 0.25) is 0 Å². The van der Waals surface area contributed by atoms with Crippen LogP contribution in [0.4, 0.5) is 0 Å². The first-order valence-electron chi connectivity index (χ1n) is 8.19. The Balaban J connectivity index is 1.89. The fourth-order valence-electron chi connectivity index (χ4n) is 3.63. The predicted molar refractivity (Wildman–Crippen MR) is 78.4 cm³/mol. The van der Waals surface area contributed by atoms with Crippen molar-refractivity contribution in [3.05, 3.63) is 17.2 Å². The first-order valence-corrected chi connectivity index (χ1v) is 8.19. The van der Waals surface area contributed by atoms with Gasteiger partial charge in [-0.15, -0.1) is 0 Å². The Morgan fingerprint density at radius 3 is 2.89 bits per heavy atom. The van der Waals surface area contributed by atoms with E-state index in [9.17, 15) is 0 Å². The summed E-state index contributed by atoms with van der Waals surface area (Å²) in [6.45, 7) is 5.57. The lowest BCUT2D eigenvalue weighted by Crippen LogP contribution is -2.25. The smallest absolute Gasteiger partial charge is 0.112 e. The average Bonchev–Trinajstić information content (AvgIpc) is 2.85. The molecule has 1 aromatic rings. The van der Waals surface area contributed by atoms with Gasteiger partial charge in [0, 0.05) is 37.7 Å². The molecule has 1 fully saturated rings. The number of hydrogen-bond acceptors (Lipinski definition) is 2. The highest BCUT2D eigenvalue weighted by Gasteiger charge is 2.25. The fourth-order valence-corrected chi connectivity index (χ4v) is 3.63. The molecule has 106 valence electrons. The van der Waals surface area contributed by atoms with Gasteiger partial charge in [0.25, 0.3) is 0 Å². The number of nitrogens with one attached hydrogen (secondary N) is 1. The zero-order valence-electron chi connectivity index (χ0n) is 12.2. The molecule has 1 saturated carbocycles. The molecule has 0 bridgehead atoms. The Morgan fingerprint density at radius 2 is 2.11 bits per heavy atom. The average molecular weight is 261 g/mol. The molecule has 1 aliphatic heterocycles. The third-order valence-corrected chi connectivity index (χ3v) is 4.72. The summed E-state index contributed by atoms with van der Waals surface area (Å²) in [4.78, 5) is 5.03. The van der Waals surface area contributed by atoms with Crippen molar-refractivity contribution in [3.63, 3.8) is 0 Å². The molecule has 3 nitrogen and oxygen atoms in total. The Hall–Kier alpha value is -0.830. The zero-order chi connectivity index (χ0) is 13.1. The number of aromatic nitrogens is 2. The Bertz CT molecular complexity index is 416. The number of unbranched alkanes of at least 4 members (excludes halogenated alkanes) is 1. The van der Waals surface area contributed by atoms with Crippen LogP contribution in [0.3, 0.4) is 0 Å². The van der Waals surface area contributed by atoms with Crippen LogP contribution in [0.5, 0.6) is 0 Å². The van der Waals surface area contributed by atoms with Crippen LogP contribution in [0.15, 0.2) is 0 Å². The Kier molecular flexibility index (Phi) is 4.21. The lowest BCUT2D eigenvalue weighted by Gasteiger charge is -2.23. The van der Waals surface area contributed by atoms with E-state index in [4.69, 9.17) is 4.98 Å². The summed E-state index contributed by atoms with van der Waals surface area (Å²) in [7, 11) is 0. The number of fused-ring (bicyclic) bond motifs is 1. The van der Waals surface area contributed by atoms with Crippen molar-refractivity contribution in [2.24, 2.45) is 0 Å². The number of rotatable bonds is 4. The van der Waals surface area contributed by atoms with Crippen LogP contribution in [0, 0.1) is 0 Å². The van der Waals surface area contributed by atoms with Crippen molar-refractivity contribution in [3.8, 4) is 0 Å². The first-order chi connectivity index (χ1) is 9.40. The van der Waals surface area contributed by atoms with Gasteiger partial charge in [-0.1, -0.05) is 32.6 Å². The van der Waals surface area contributed by atoms with Gasteiger partial charge in [-0.05, 0) is 19.3 Å². The highest BCUT2D eigenvalue weighted by atomic mass is 15.1. The number of nitrogens with zero attached hydrogens (tertiary/aromatic N) is 2. The largest absolute Gasteiger partial charge is 0.331 e. The van der Waals surface area contributed by atoms with Gasteiger partial charge in [-0.25, -0.2) is 4.98 Å². The van der Waals surface area contributed by atoms with Crippen LogP contribution in [-0.4, -0.2) is 16.1 Å². The minimum absolute atomic E-state index is 0.733. The maximum absolute atomic E-state index is 5.03. The van der Waals surface area contributed by atoms with Crippen molar-refractivity contribution in [2.75, 3.05) is 6.54 Å². The summed E-state index contributed by atoms with van der Waals surface area (Å²) in [6.07, 6.45) is 10.7. The molecule has 0 saturated heterocycles. The summed E-state index contributed by atoms with van der Waals surface area (Å²) in [5.41, 5.74) is 2.87. The maximum Gasteiger partial charge on any atom is 0.112 e. The maximum atomic E-state index is 5.03. The molecule has 1 aliphatic carbocycles. The van der Waals surface area contributed by atoms with Gasteiger partial charge in [0.05, 0.1) is 5.69 Å². The van der Waals surface area contributed by atoms with E-state index in [1.54, 1.807) is 0 Å². The van der Waals surface area contributed by atoms with E-state index in [1.165, 1.54) is 75.1 Å². The molecule has 0 spiro atoms. The second-order valence-electron chi connectivity index (χ2n) is 6.13. The van der Waals surface area contributed by atoms with E-state index in [2.05, 4.69) is 16.8 Å². The molecule has 0 aromatic carbocycles. The lowest BCUT2D eigenvalue weighted by atomic mass is 9.88. The molecule has 3 rings (SSSR count). The van der Waals surface area contributed by atoms with Crippen LogP contribution in [0.25, 0.3) is 0 Å². The normalized spacial score (nSPS) is 20.5. The van der Waals surface area contributed by atoms with Crippen LogP contribution < -0.4 is 5.32 Å². The molecular weight excluding hydrogens is 234 g/mol.